The molecule has 1 aromatic carbocycles. The van der Waals surface area contributed by atoms with Crippen molar-refractivity contribution in [3.8, 4) is 22.9 Å². The molecule has 106 valence electrons. The number of ether oxygens (including phenoxy) is 1. The normalized spacial score (nSPS) is 9.90. The number of pyridine rings is 1. The molecule has 6 heteroatoms. The van der Waals surface area contributed by atoms with Crippen LogP contribution in [0.4, 0.5) is 0 Å². The van der Waals surface area contributed by atoms with Gasteiger partial charge in [0.25, 0.3) is 5.56 Å². The van der Waals surface area contributed by atoms with Gasteiger partial charge in [-0.15, -0.1) is 0 Å². The molecule has 2 aromatic rings. The van der Waals surface area contributed by atoms with Gasteiger partial charge in [-0.3, -0.25) is 4.79 Å². The summed E-state index contributed by atoms with van der Waals surface area (Å²) < 4.78 is 5.10. The summed E-state index contributed by atoms with van der Waals surface area (Å²) in [7, 11) is 0. The highest BCUT2D eigenvalue weighted by molar-refractivity contribution is 5.72. The second kappa shape index (κ2) is 5.92. The maximum absolute atomic E-state index is 11.8. The Morgan fingerprint density at radius 2 is 2.19 bits per heavy atom. The zero-order valence-electron chi connectivity index (χ0n) is 11.2. The van der Waals surface area contributed by atoms with Gasteiger partial charge in [0, 0.05) is 11.3 Å². The molecule has 2 N–H and O–H groups in total. The summed E-state index contributed by atoms with van der Waals surface area (Å²) in [6.45, 7) is 1.26. The predicted octanol–water partition coefficient (Wildman–Crippen LogP) is 1.69. The number of benzene rings is 1. The van der Waals surface area contributed by atoms with Crippen LogP contribution in [0.1, 0.15) is 11.3 Å². The van der Waals surface area contributed by atoms with Gasteiger partial charge in [0.1, 0.15) is 17.4 Å². The average Bonchev–Trinajstić information content (AvgIpc) is 2.44. The number of nitrogens with zero attached hydrogens (tertiary/aromatic N) is 1. The van der Waals surface area contributed by atoms with Crippen LogP contribution >= 0.6 is 0 Å². The molecule has 0 spiro atoms. The molecule has 21 heavy (non-hydrogen) atoms. The van der Waals surface area contributed by atoms with E-state index in [2.05, 4.69) is 4.98 Å². The highest BCUT2D eigenvalue weighted by Crippen LogP contribution is 2.25. The van der Waals surface area contributed by atoms with Gasteiger partial charge in [-0.25, -0.2) is 4.79 Å². The van der Waals surface area contributed by atoms with Crippen molar-refractivity contribution in [1.29, 1.82) is 5.26 Å². The Morgan fingerprint density at radius 1 is 1.43 bits per heavy atom. The van der Waals surface area contributed by atoms with Crippen molar-refractivity contribution >= 4 is 5.97 Å². The summed E-state index contributed by atoms with van der Waals surface area (Å²) in [6.07, 6.45) is 0. The van der Waals surface area contributed by atoms with Crippen molar-refractivity contribution in [2.45, 2.75) is 6.92 Å². The van der Waals surface area contributed by atoms with E-state index in [4.69, 9.17) is 15.1 Å². The number of nitrogens with one attached hydrogen (secondary N) is 1. The van der Waals surface area contributed by atoms with Gasteiger partial charge >= 0.3 is 5.97 Å². The number of carboxylic acids is 1. The fourth-order valence-electron chi connectivity index (χ4n) is 1.93. The number of aromatic amines is 1. The maximum atomic E-state index is 11.8. The number of rotatable bonds is 4. The number of carboxylic acid groups (broad SMARTS) is 1. The number of hydrogen-bond acceptors (Lipinski definition) is 4. The van der Waals surface area contributed by atoms with Gasteiger partial charge < -0.3 is 14.8 Å². The molecule has 0 unspecified atom stereocenters. The number of carbonyl (C=O) groups is 1. The van der Waals surface area contributed by atoms with Crippen molar-refractivity contribution < 1.29 is 14.6 Å². The number of aliphatic carboxylic acids is 1. The van der Waals surface area contributed by atoms with Gasteiger partial charge in [-0.05, 0) is 30.7 Å². The zero-order chi connectivity index (χ0) is 15.4. The molecule has 0 aliphatic heterocycles. The van der Waals surface area contributed by atoms with Crippen molar-refractivity contribution in [2.24, 2.45) is 0 Å². The largest absolute Gasteiger partial charge is 0.482 e. The zero-order valence-corrected chi connectivity index (χ0v) is 11.2. The Hall–Kier alpha value is -3.07. The van der Waals surface area contributed by atoms with Gasteiger partial charge in [0.15, 0.2) is 6.61 Å². The third-order valence-electron chi connectivity index (χ3n) is 2.79. The van der Waals surface area contributed by atoms with Crippen molar-refractivity contribution in [3.05, 3.63) is 51.9 Å². The van der Waals surface area contributed by atoms with Crippen LogP contribution < -0.4 is 10.3 Å². The summed E-state index contributed by atoms with van der Waals surface area (Å²) in [5, 5.41) is 17.7. The molecule has 0 atom stereocenters. The monoisotopic (exact) mass is 284 g/mol. The van der Waals surface area contributed by atoms with Gasteiger partial charge in [-0.1, -0.05) is 12.1 Å². The Kier molecular flexibility index (Phi) is 4.05. The molecule has 0 aliphatic rings. The van der Waals surface area contributed by atoms with E-state index in [1.807, 2.05) is 6.07 Å². The molecule has 2 rings (SSSR count). The average molecular weight is 284 g/mol. The molecule has 1 aromatic heterocycles. The SMILES string of the molecule is Cc1cc(-c2cccc(OCC(=O)O)c2)c(C#N)c(=O)[nH]1. The molecule has 0 radical (unpaired) electrons. The van der Waals surface area contributed by atoms with Crippen LogP contribution in [0.3, 0.4) is 0 Å². The van der Waals surface area contributed by atoms with Gasteiger partial charge in [0.05, 0.1) is 0 Å². The quantitative estimate of drug-likeness (QED) is 0.889. The molecule has 0 aliphatic carbocycles. The molecule has 0 saturated heterocycles. The summed E-state index contributed by atoms with van der Waals surface area (Å²) >= 11 is 0. The lowest BCUT2D eigenvalue weighted by molar-refractivity contribution is -0.139. The van der Waals surface area contributed by atoms with E-state index in [0.717, 1.165) is 0 Å². The third kappa shape index (κ3) is 3.28. The fraction of sp³-hybridized carbons (Fsp3) is 0.133. The highest BCUT2D eigenvalue weighted by Gasteiger charge is 2.11. The molecule has 0 fully saturated rings. The minimum absolute atomic E-state index is 0.0102. The molecular weight excluding hydrogens is 272 g/mol. The van der Waals surface area contributed by atoms with Crippen molar-refractivity contribution in [3.63, 3.8) is 0 Å². The Labute approximate surface area is 120 Å². The van der Waals surface area contributed by atoms with Crippen molar-refractivity contribution in [1.82, 2.24) is 4.98 Å². The van der Waals surface area contributed by atoms with E-state index >= 15 is 0 Å². The number of H-pyrrole nitrogens is 1. The lowest BCUT2D eigenvalue weighted by Crippen LogP contribution is -2.13. The first-order chi connectivity index (χ1) is 10.0. The standard InChI is InChI=1S/C15H12N2O4/c1-9-5-12(13(7-16)15(20)17-9)10-3-2-4-11(6-10)21-8-14(18)19/h2-6H,8H2,1H3,(H,17,20)(H,18,19). The van der Waals surface area contributed by atoms with Crippen LogP contribution in [0.25, 0.3) is 11.1 Å². The predicted molar refractivity (Wildman–Crippen MR) is 75.1 cm³/mol. The summed E-state index contributed by atoms with van der Waals surface area (Å²) in [4.78, 5) is 24.8. The van der Waals surface area contributed by atoms with E-state index in [9.17, 15) is 9.59 Å². The first-order valence-electron chi connectivity index (χ1n) is 6.10. The Balaban J connectivity index is 2.48. The first kappa shape index (κ1) is 14.3. The van der Waals surface area contributed by atoms with Crippen LogP contribution in [-0.4, -0.2) is 22.7 Å². The first-order valence-corrected chi connectivity index (χ1v) is 6.10. The molecule has 6 nitrogen and oxygen atoms in total. The highest BCUT2D eigenvalue weighted by atomic mass is 16.5. The van der Waals surface area contributed by atoms with Crippen LogP contribution in [0, 0.1) is 18.3 Å². The summed E-state index contributed by atoms with van der Waals surface area (Å²) in [5.41, 5.74) is 1.29. The minimum Gasteiger partial charge on any atom is -0.482 e. The van der Waals surface area contributed by atoms with E-state index < -0.39 is 18.1 Å². The number of nitriles is 1. The molecular formula is C15H12N2O4. The second-order valence-electron chi connectivity index (χ2n) is 4.39. The lowest BCUT2D eigenvalue weighted by Gasteiger charge is -2.08. The molecule has 0 bridgehead atoms. The van der Waals surface area contributed by atoms with Crippen LogP contribution in [0.2, 0.25) is 0 Å². The van der Waals surface area contributed by atoms with E-state index in [1.54, 1.807) is 37.3 Å². The topological polar surface area (TPSA) is 103 Å². The minimum atomic E-state index is -1.08. The summed E-state index contributed by atoms with van der Waals surface area (Å²) in [5.74, 6) is -0.721. The fourth-order valence-corrected chi connectivity index (χ4v) is 1.93. The Morgan fingerprint density at radius 3 is 2.86 bits per heavy atom. The third-order valence-corrected chi connectivity index (χ3v) is 2.79. The van der Waals surface area contributed by atoms with Crippen LogP contribution in [-0.2, 0) is 4.79 Å². The molecule has 1 heterocycles. The van der Waals surface area contributed by atoms with E-state index in [1.165, 1.54) is 0 Å². The maximum Gasteiger partial charge on any atom is 0.341 e. The van der Waals surface area contributed by atoms with E-state index in [0.29, 0.717) is 22.6 Å². The summed E-state index contributed by atoms with van der Waals surface area (Å²) in [6, 6.07) is 10.2. The number of aromatic nitrogens is 1. The van der Waals surface area contributed by atoms with Crippen LogP contribution in [0.15, 0.2) is 35.1 Å². The number of aryl methyl sites for hydroxylation is 1. The van der Waals surface area contributed by atoms with Gasteiger partial charge in [-0.2, -0.15) is 5.26 Å². The second-order valence-corrected chi connectivity index (χ2v) is 4.39. The van der Waals surface area contributed by atoms with Gasteiger partial charge in [0.2, 0.25) is 0 Å². The Bertz CT molecular complexity index is 787. The smallest absolute Gasteiger partial charge is 0.341 e. The van der Waals surface area contributed by atoms with E-state index in [-0.39, 0.29) is 5.56 Å². The number of hydrogen-bond donors (Lipinski definition) is 2. The lowest BCUT2D eigenvalue weighted by atomic mass is 10.0. The molecule has 0 amide bonds. The molecule has 0 saturated carbocycles. The van der Waals surface area contributed by atoms with Crippen LogP contribution in [0.5, 0.6) is 5.75 Å². The van der Waals surface area contributed by atoms with Crippen molar-refractivity contribution in [2.75, 3.05) is 6.61 Å².